The number of nitrogens with two attached hydrogens (primary N) is 1. The molecule has 0 radical (unpaired) electrons. The Morgan fingerprint density at radius 2 is 2.00 bits per heavy atom. The van der Waals surface area contributed by atoms with Gasteiger partial charge >= 0.3 is 0 Å². The number of rotatable bonds is 2. The highest BCUT2D eigenvalue weighted by Crippen LogP contribution is 2.44. The van der Waals surface area contributed by atoms with Crippen LogP contribution in [0.3, 0.4) is 0 Å². The molecule has 2 N–H and O–H groups in total. The SMILES string of the molecule is CC(C)[Si]1(C(C)C)OCc2cc(N)nn2C1C. The van der Waals surface area contributed by atoms with E-state index in [9.17, 15) is 0 Å². The molecule has 1 unspecified atom stereocenters. The topological polar surface area (TPSA) is 53.1 Å². The van der Waals surface area contributed by atoms with E-state index in [1.807, 2.05) is 6.07 Å². The molecule has 0 spiro atoms. The summed E-state index contributed by atoms with van der Waals surface area (Å²) in [5.74, 6) is 0.604. The van der Waals surface area contributed by atoms with Crippen molar-refractivity contribution in [3.8, 4) is 0 Å². The average molecular weight is 253 g/mol. The van der Waals surface area contributed by atoms with E-state index in [1.54, 1.807) is 0 Å². The van der Waals surface area contributed by atoms with E-state index in [1.165, 1.54) is 0 Å². The maximum atomic E-state index is 6.36. The lowest BCUT2D eigenvalue weighted by molar-refractivity contribution is 0.215. The van der Waals surface area contributed by atoms with Gasteiger partial charge in [0.05, 0.1) is 18.0 Å². The molecule has 0 aliphatic carbocycles. The molecule has 1 aromatic heterocycles. The van der Waals surface area contributed by atoms with Crippen molar-refractivity contribution in [1.29, 1.82) is 0 Å². The van der Waals surface area contributed by atoms with Crippen LogP contribution in [-0.4, -0.2) is 18.1 Å². The maximum absolute atomic E-state index is 6.36. The first kappa shape index (κ1) is 12.6. The van der Waals surface area contributed by atoms with Gasteiger partial charge in [-0.05, 0) is 18.0 Å². The highest BCUT2D eigenvalue weighted by Gasteiger charge is 2.51. The fourth-order valence-electron chi connectivity index (χ4n) is 3.37. The van der Waals surface area contributed by atoms with E-state index in [-0.39, 0.29) is 0 Å². The Balaban J connectivity index is 2.47. The summed E-state index contributed by atoms with van der Waals surface area (Å²) in [4.78, 5) is 0. The molecule has 0 bridgehead atoms. The lowest BCUT2D eigenvalue weighted by atomic mass is 10.4. The van der Waals surface area contributed by atoms with Crippen LogP contribution >= 0.6 is 0 Å². The highest BCUT2D eigenvalue weighted by molar-refractivity contribution is 6.77. The average Bonchev–Trinajstić information content (AvgIpc) is 2.59. The fourth-order valence-corrected chi connectivity index (χ4v) is 8.55. The monoisotopic (exact) mass is 253 g/mol. The fraction of sp³-hybridized carbons (Fsp3) is 0.750. The zero-order valence-electron chi connectivity index (χ0n) is 11.4. The van der Waals surface area contributed by atoms with Crippen LogP contribution in [0.2, 0.25) is 11.1 Å². The zero-order valence-corrected chi connectivity index (χ0v) is 12.4. The van der Waals surface area contributed by atoms with Gasteiger partial charge in [0.2, 0.25) is 8.32 Å². The van der Waals surface area contributed by atoms with E-state index >= 15 is 0 Å². The van der Waals surface area contributed by atoms with Gasteiger partial charge in [-0.2, -0.15) is 5.10 Å². The minimum atomic E-state index is -1.83. The first-order valence-corrected chi connectivity index (χ1v) is 8.51. The van der Waals surface area contributed by atoms with Crippen LogP contribution in [0, 0.1) is 0 Å². The third-order valence-corrected chi connectivity index (χ3v) is 9.93. The molecule has 1 aromatic rings. The molecule has 2 rings (SSSR count). The summed E-state index contributed by atoms with van der Waals surface area (Å²) in [5.41, 5.74) is 8.41. The standard InChI is InChI=1S/C12H23N3OSi/c1-8(2)17(9(3)4)10(5)15-11(7-16-17)6-12(13)14-15/h6,8-10H,7H2,1-5H3,(H2,13,14). The molecule has 2 heterocycles. The van der Waals surface area contributed by atoms with Gasteiger partial charge in [0, 0.05) is 6.07 Å². The predicted octanol–water partition coefficient (Wildman–Crippen LogP) is 2.86. The van der Waals surface area contributed by atoms with E-state index in [0.717, 1.165) is 5.69 Å². The van der Waals surface area contributed by atoms with Crippen molar-refractivity contribution in [3.05, 3.63) is 11.8 Å². The van der Waals surface area contributed by atoms with Crippen molar-refractivity contribution in [2.45, 2.75) is 58.0 Å². The minimum Gasteiger partial charge on any atom is -0.408 e. The van der Waals surface area contributed by atoms with Crippen molar-refractivity contribution in [2.75, 3.05) is 5.73 Å². The van der Waals surface area contributed by atoms with Crippen LogP contribution < -0.4 is 5.73 Å². The van der Waals surface area contributed by atoms with Crippen LogP contribution in [0.15, 0.2) is 6.07 Å². The van der Waals surface area contributed by atoms with Gasteiger partial charge in [-0.15, -0.1) is 0 Å². The summed E-state index contributed by atoms with van der Waals surface area (Å²) in [6.45, 7) is 12.0. The Hall–Kier alpha value is -0.813. The van der Waals surface area contributed by atoms with Crippen molar-refractivity contribution in [1.82, 2.24) is 9.78 Å². The second-order valence-electron chi connectivity index (χ2n) is 5.63. The third kappa shape index (κ3) is 1.72. The Bertz CT molecular complexity index is 406. The van der Waals surface area contributed by atoms with Crippen LogP contribution in [0.25, 0.3) is 0 Å². The Morgan fingerprint density at radius 3 is 2.53 bits per heavy atom. The molecule has 0 saturated heterocycles. The van der Waals surface area contributed by atoms with E-state index < -0.39 is 8.32 Å². The molecule has 4 nitrogen and oxygen atoms in total. The second-order valence-corrected chi connectivity index (χ2v) is 10.8. The van der Waals surface area contributed by atoms with Gasteiger partial charge in [-0.25, -0.2) is 0 Å². The van der Waals surface area contributed by atoms with E-state index in [0.29, 0.717) is 29.2 Å². The molecule has 17 heavy (non-hydrogen) atoms. The van der Waals surface area contributed by atoms with Crippen LogP contribution in [0.1, 0.15) is 46.0 Å². The first-order chi connectivity index (χ1) is 7.89. The van der Waals surface area contributed by atoms with Gasteiger partial charge in [-0.1, -0.05) is 27.7 Å². The Kier molecular flexibility index (Phi) is 3.07. The summed E-state index contributed by atoms with van der Waals surface area (Å²) in [5, 5.41) is 4.44. The Morgan fingerprint density at radius 1 is 1.41 bits per heavy atom. The van der Waals surface area contributed by atoms with Crippen LogP contribution in [-0.2, 0) is 11.0 Å². The smallest absolute Gasteiger partial charge is 0.222 e. The molecule has 1 atom stereocenters. The van der Waals surface area contributed by atoms with E-state index in [2.05, 4.69) is 44.4 Å². The van der Waals surface area contributed by atoms with Crippen molar-refractivity contribution >= 4 is 14.1 Å². The Labute approximate surface area is 104 Å². The number of hydrogen-bond donors (Lipinski definition) is 1. The summed E-state index contributed by atoms with van der Waals surface area (Å²) in [7, 11) is -1.83. The molecule has 5 heteroatoms. The van der Waals surface area contributed by atoms with Crippen LogP contribution in [0.5, 0.6) is 0 Å². The van der Waals surface area contributed by atoms with Crippen molar-refractivity contribution < 1.29 is 4.43 Å². The normalized spacial score (nSPS) is 23.1. The van der Waals surface area contributed by atoms with Crippen molar-refractivity contribution in [3.63, 3.8) is 0 Å². The lowest BCUT2D eigenvalue weighted by Crippen LogP contribution is -2.54. The number of hydrogen-bond acceptors (Lipinski definition) is 3. The number of nitrogen functional groups attached to an aromatic ring is 1. The first-order valence-electron chi connectivity index (χ1n) is 6.37. The second kappa shape index (κ2) is 4.14. The molecular formula is C12H23N3OSi. The molecular weight excluding hydrogens is 230 g/mol. The van der Waals surface area contributed by atoms with Crippen molar-refractivity contribution in [2.24, 2.45) is 0 Å². The van der Waals surface area contributed by atoms with Gasteiger partial charge in [0.15, 0.2) is 0 Å². The summed E-state index contributed by atoms with van der Waals surface area (Å²) >= 11 is 0. The minimum absolute atomic E-state index is 0.351. The molecule has 0 fully saturated rings. The lowest BCUT2D eigenvalue weighted by Gasteiger charge is -2.46. The van der Waals surface area contributed by atoms with Gasteiger partial charge in [0.25, 0.3) is 0 Å². The summed E-state index contributed by atoms with van der Waals surface area (Å²) < 4.78 is 8.47. The summed E-state index contributed by atoms with van der Waals surface area (Å²) in [6.07, 6.45) is 0. The molecule has 1 aliphatic rings. The number of nitrogens with zero attached hydrogens (tertiary/aromatic N) is 2. The maximum Gasteiger partial charge on any atom is 0.222 e. The van der Waals surface area contributed by atoms with E-state index in [4.69, 9.17) is 10.2 Å². The number of anilines is 1. The molecule has 1 aliphatic heterocycles. The van der Waals surface area contributed by atoms with Gasteiger partial charge in [-0.3, -0.25) is 4.68 Å². The summed E-state index contributed by atoms with van der Waals surface area (Å²) in [6, 6.07) is 1.93. The molecule has 0 amide bonds. The van der Waals surface area contributed by atoms with Gasteiger partial charge < -0.3 is 10.2 Å². The zero-order chi connectivity index (χ0) is 12.8. The molecule has 96 valence electrons. The third-order valence-electron chi connectivity index (χ3n) is 4.13. The van der Waals surface area contributed by atoms with Gasteiger partial charge in [0.1, 0.15) is 5.82 Å². The largest absolute Gasteiger partial charge is 0.408 e. The molecule has 0 aromatic carbocycles. The number of fused-ring (bicyclic) bond motifs is 1. The quantitative estimate of drug-likeness (QED) is 0.825. The highest BCUT2D eigenvalue weighted by atomic mass is 28.4. The van der Waals surface area contributed by atoms with Crippen LogP contribution in [0.4, 0.5) is 5.82 Å². The number of aromatic nitrogens is 2. The molecule has 0 saturated carbocycles. The predicted molar refractivity (Wildman–Crippen MR) is 72.1 cm³/mol.